The number of nitrogens with two attached hydrogens (primary N) is 1. The van der Waals surface area contributed by atoms with Gasteiger partial charge in [0.15, 0.2) is 0 Å². The summed E-state index contributed by atoms with van der Waals surface area (Å²) in [6.45, 7) is 4.03. The molecule has 0 aliphatic carbocycles. The molecule has 2 amide bonds. The van der Waals surface area contributed by atoms with Crippen molar-refractivity contribution >= 4 is 29.1 Å². The van der Waals surface area contributed by atoms with Gasteiger partial charge in [0, 0.05) is 12.2 Å². The van der Waals surface area contributed by atoms with Crippen molar-refractivity contribution in [3.05, 3.63) is 29.0 Å². The van der Waals surface area contributed by atoms with Gasteiger partial charge >= 0.3 is 0 Å². The third kappa shape index (κ3) is 3.82. The van der Waals surface area contributed by atoms with E-state index in [4.69, 9.17) is 17.3 Å². The molecule has 7 heteroatoms. The number of carbonyl (C=O) groups excluding carboxylic acids is 2. The predicted molar refractivity (Wildman–Crippen MR) is 87.8 cm³/mol. The molecule has 1 aliphatic rings. The Morgan fingerprint density at radius 2 is 2.26 bits per heavy atom. The molecular formula is C16H21ClFN3O2. The molecule has 0 bridgehead atoms. The molecule has 0 radical (unpaired) electrons. The van der Waals surface area contributed by atoms with Gasteiger partial charge in [0.1, 0.15) is 11.9 Å². The maximum absolute atomic E-state index is 13.2. The summed E-state index contributed by atoms with van der Waals surface area (Å²) < 4.78 is 13.2. The first-order valence-corrected chi connectivity index (χ1v) is 8.00. The number of carbonyl (C=O) groups is 2. The molecule has 23 heavy (non-hydrogen) atoms. The fourth-order valence-corrected chi connectivity index (χ4v) is 2.85. The number of hydrogen-bond donors (Lipinski definition) is 2. The molecule has 1 heterocycles. The van der Waals surface area contributed by atoms with Gasteiger partial charge in [-0.3, -0.25) is 9.59 Å². The minimum atomic E-state index is -0.998. The second-order valence-corrected chi connectivity index (χ2v) is 6.48. The highest BCUT2D eigenvalue weighted by Crippen LogP contribution is 2.26. The second kappa shape index (κ2) is 6.84. The highest BCUT2D eigenvalue weighted by atomic mass is 35.5. The monoisotopic (exact) mass is 341 g/mol. The standard InChI is InChI=1S/C16H21ClFN3O2/c1-3-7-16(2,19)15(23)20-13-6-8-21(14(13)22)10-4-5-12(18)11(17)9-10/h4-5,9,13H,3,6-8,19H2,1-2H3,(H,20,23). The lowest BCUT2D eigenvalue weighted by Crippen LogP contribution is -2.55. The zero-order valence-corrected chi connectivity index (χ0v) is 14.0. The normalized spacial score (nSPS) is 20.5. The average Bonchev–Trinajstić information content (AvgIpc) is 2.83. The van der Waals surface area contributed by atoms with E-state index in [-0.39, 0.29) is 16.8 Å². The number of nitrogens with zero attached hydrogens (tertiary/aromatic N) is 1. The van der Waals surface area contributed by atoms with Crippen LogP contribution in [0.25, 0.3) is 0 Å². The average molecular weight is 342 g/mol. The quantitative estimate of drug-likeness (QED) is 0.862. The smallest absolute Gasteiger partial charge is 0.249 e. The van der Waals surface area contributed by atoms with E-state index in [0.29, 0.717) is 25.1 Å². The van der Waals surface area contributed by atoms with Crippen LogP contribution in [-0.2, 0) is 9.59 Å². The zero-order chi connectivity index (χ0) is 17.2. The van der Waals surface area contributed by atoms with Crippen LogP contribution >= 0.6 is 11.6 Å². The summed E-state index contributed by atoms with van der Waals surface area (Å²) in [5.41, 5.74) is 5.50. The van der Waals surface area contributed by atoms with Crippen LogP contribution in [0, 0.1) is 5.82 Å². The lowest BCUT2D eigenvalue weighted by atomic mass is 9.96. The van der Waals surface area contributed by atoms with E-state index in [0.717, 1.165) is 6.42 Å². The Kier molecular flexibility index (Phi) is 5.26. The number of rotatable bonds is 5. The van der Waals surface area contributed by atoms with Crippen LogP contribution in [0.4, 0.5) is 10.1 Å². The third-order valence-corrected chi connectivity index (χ3v) is 4.30. The van der Waals surface area contributed by atoms with E-state index < -0.39 is 17.4 Å². The largest absolute Gasteiger partial charge is 0.343 e. The van der Waals surface area contributed by atoms with E-state index in [1.165, 1.54) is 23.1 Å². The molecule has 1 fully saturated rings. The summed E-state index contributed by atoms with van der Waals surface area (Å²) in [5.74, 6) is -1.12. The maximum Gasteiger partial charge on any atom is 0.249 e. The van der Waals surface area contributed by atoms with Crippen LogP contribution in [0.5, 0.6) is 0 Å². The van der Waals surface area contributed by atoms with Gasteiger partial charge in [-0.2, -0.15) is 0 Å². The predicted octanol–water partition coefficient (Wildman–Crippen LogP) is 2.22. The molecule has 1 aliphatic heterocycles. The van der Waals surface area contributed by atoms with E-state index in [1.54, 1.807) is 6.92 Å². The number of nitrogens with one attached hydrogen (secondary N) is 1. The van der Waals surface area contributed by atoms with Gasteiger partial charge in [0.25, 0.3) is 0 Å². The van der Waals surface area contributed by atoms with Crippen LogP contribution in [0.15, 0.2) is 18.2 Å². The minimum Gasteiger partial charge on any atom is -0.343 e. The first-order valence-electron chi connectivity index (χ1n) is 7.62. The van der Waals surface area contributed by atoms with Gasteiger partial charge < -0.3 is 16.0 Å². The summed E-state index contributed by atoms with van der Waals surface area (Å²) in [5, 5.41) is 2.68. The van der Waals surface area contributed by atoms with Crippen molar-refractivity contribution in [2.45, 2.75) is 44.7 Å². The summed E-state index contributed by atoms with van der Waals surface area (Å²) in [4.78, 5) is 26.2. The Bertz CT molecular complexity index is 621. The van der Waals surface area contributed by atoms with E-state index in [2.05, 4.69) is 5.32 Å². The number of anilines is 1. The van der Waals surface area contributed by atoms with Crippen LogP contribution in [0.3, 0.4) is 0 Å². The minimum absolute atomic E-state index is 0.0414. The summed E-state index contributed by atoms with van der Waals surface area (Å²) >= 11 is 5.76. The molecule has 1 saturated heterocycles. The van der Waals surface area contributed by atoms with Crippen LogP contribution < -0.4 is 16.0 Å². The van der Waals surface area contributed by atoms with Crippen molar-refractivity contribution in [2.75, 3.05) is 11.4 Å². The molecular weight excluding hydrogens is 321 g/mol. The molecule has 2 unspecified atom stereocenters. The highest BCUT2D eigenvalue weighted by molar-refractivity contribution is 6.31. The Balaban J connectivity index is 2.07. The fourth-order valence-electron chi connectivity index (χ4n) is 2.68. The van der Waals surface area contributed by atoms with Gasteiger partial charge in [-0.05, 0) is 38.0 Å². The number of halogens is 2. The Morgan fingerprint density at radius 3 is 2.87 bits per heavy atom. The van der Waals surface area contributed by atoms with Crippen LogP contribution in [-0.4, -0.2) is 29.9 Å². The Morgan fingerprint density at radius 1 is 1.57 bits per heavy atom. The molecule has 3 N–H and O–H groups in total. The van der Waals surface area contributed by atoms with Crippen LogP contribution in [0.1, 0.15) is 33.1 Å². The first-order chi connectivity index (χ1) is 10.8. The Hall–Kier alpha value is -1.66. The second-order valence-electron chi connectivity index (χ2n) is 6.07. The molecule has 0 saturated carbocycles. The molecule has 5 nitrogen and oxygen atoms in total. The van der Waals surface area contributed by atoms with Gasteiger partial charge in [0.2, 0.25) is 11.8 Å². The van der Waals surface area contributed by atoms with E-state index in [9.17, 15) is 14.0 Å². The van der Waals surface area contributed by atoms with Gasteiger partial charge in [0.05, 0.1) is 10.6 Å². The Labute approximate surface area is 140 Å². The SMILES string of the molecule is CCCC(C)(N)C(=O)NC1CCN(c2ccc(F)c(Cl)c2)C1=O. The highest BCUT2D eigenvalue weighted by Gasteiger charge is 2.37. The summed E-state index contributed by atoms with van der Waals surface area (Å²) in [6.07, 6.45) is 1.79. The van der Waals surface area contributed by atoms with E-state index >= 15 is 0 Å². The summed E-state index contributed by atoms with van der Waals surface area (Å²) in [7, 11) is 0. The lowest BCUT2D eigenvalue weighted by Gasteiger charge is -2.25. The fraction of sp³-hybridized carbons (Fsp3) is 0.500. The van der Waals surface area contributed by atoms with Gasteiger partial charge in [-0.25, -0.2) is 4.39 Å². The first kappa shape index (κ1) is 17.7. The third-order valence-electron chi connectivity index (χ3n) is 4.01. The molecule has 0 spiro atoms. The number of benzene rings is 1. The molecule has 2 atom stereocenters. The van der Waals surface area contributed by atoms with E-state index in [1.807, 2.05) is 6.92 Å². The van der Waals surface area contributed by atoms with Crippen molar-refractivity contribution in [3.8, 4) is 0 Å². The van der Waals surface area contributed by atoms with Crippen molar-refractivity contribution in [1.82, 2.24) is 5.32 Å². The summed E-state index contributed by atoms with van der Waals surface area (Å²) in [6, 6.07) is 3.50. The zero-order valence-electron chi connectivity index (χ0n) is 13.2. The topological polar surface area (TPSA) is 75.4 Å². The van der Waals surface area contributed by atoms with Gasteiger partial charge in [-0.1, -0.05) is 24.9 Å². The van der Waals surface area contributed by atoms with Crippen molar-refractivity contribution in [1.29, 1.82) is 0 Å². The molecule has 126 valence electrons. The van der Waals surface area contributed by atoms with Crippen molar-refractivity contribution in [2.24, 2.45) is 5.73 Å². The molecule has 1 aromatic rings. The van der Waals surface area contributed by atoms with Crippen molar-refractivity contribution < 1.29 is 14.0 Å². The van der Waals surface area contributed by atoms with Crippen molar-refractivity contribution in [3.63, 3.8) is 0 Å². The lowest BCUT2D eigenvalue weighted by molar-refractivity contribution is -0.130. The van der Waals surface area contributed by atoms with Crippen LogP contribution in [0.2, 0.25) is 5.02 Å². The van der Waals surface area contributed by atoms with Gasteiger partial charge in [-0.15, -0.1) is 0 Å². The molecule has 2 rings (SSSR count). The number of amides is 2. The maximum atomic E-state index is 13.2. The molecule has 1 aromatic carbocycles. The molecule has 0 aromatic heterocycles. The number of hydrogen-bond acceptors (Lipinski definition) is 3.